The van der Waals surface area contributed by atoms with Crippen LogP contribution in [0.1, 0.15) is 48.5 Å². The Bertz CT molecular complexity index is 416. The van der Waals surface area contributed by atoms with Crippen LogP contribution in [0, 0.1) is 0 Å². The van der Waals surface area contributed by atoms with Crippen LogP contribution in [0.25, 0.3) is 0 Å². The van der Waals surface area contributed by atoms with Gasteiger partial charge in [-0.2, -0.15) is 0 Å². The van der Waals surface area contributed by atoms with Gasteiger partial charge >= 0.3 is 6.09 Å². The molecule has 23 heavy (non-hydrogen) atoms. The normalized spacial score (nSPS) is 17.1. The highest BCUT2D eigenvalue weighted by Crippen LogP contribution is 2.19. The van der Waals surface area contributed by atoms with Gasteiger partial charge in [0.2, 0.25) is 5.91 Å². The van der Waals surface area contributed by atoms with E-state index in [1.807, 2.05) is 46.4 Å². The highest BCUT2D eigenvalue weighted by atomic mass is 16.6. The summed E-state index contributed by atoms with van der Waals surface area (Å²) >= 11 is 0. The molecule has 6 heteroatoms. The number of carbonyl (C=O) groups excluding carboxylic acids is 2. The van der Waals surface area contributed by atoms with E-state index in [-0.39, 0.29) is 12.5 Å². The third kappa shape index (κ3) is 6.37. The van der Waals surface area contributed by atoms with Gasteiger partial charge in [0.05, 0.1) is 0 Å². The molecule has 1 aliphatic heterocycles. The zero-order valence-electron chi connectivity index (χ0n) is 15.8. The van der Waals surface area contributed by atoms with Crippen molar-refractivity contribution in [2.45, 2.75) is 59.6 Å². The van der Waals surface area contributed by atoms with E-state index in [2.05, 4.69) is 11.8 Å². The first-order valence-corrected chi connectivity index (χ1v) is 8.45. The molecule has 0 unspecified atom stereocenters. The van der Waals surface area contributed by atoms with Crippen LogP contribution in [-0.4, -0.2) is 77.1 Å². The smallest absolute Gasteiger partial charge is 0.411 e. The fourth-order valence-corrected chi connectivity index (χ4v) is 2.44. The number of amides is 2. The number of hydrogen-bond donors (Lipinski definition) is 0. The summed E-state index contributed by atoms with van der Waals surface area (Å²) in [5, 5.41) is 0. The molecule has 0 aromatic rings. The minimum atomic E-state index is -0.573. The lowest BCUT2D eigenvalue weighted by molar-refractivity contribution is -0.135. The molecule has 0 aromatic heterocycles. The predicted molar refractivity (Wildman–Crippen MR) is 91.4 cm³/mol. The van der Waals surface area contributed by atoms with Gasteiger partial charge in [-0.05, 0) is 48.1 Å². The average molecular weight is 327 g/mol. The number of piperazine rings is 1. The second kappa shape index (κ2) is 7.51. The molecule has 0 aromatic carbocycles. The molecule has 0 saturated carbocycles. The fraction of sp³-hybridized carbons (Fsp3) is 0.882. The SMILES string of the molecule is CCN1CCN(C(=O)CN(C(=O)OC(C)(C)C)C(C)(C)C)CC1. The maximum atomic E-state index is 12.6. The van der Waals surface area contributed by atoms with Crippen molar-refractivity contribution in [3.05, 3.63) is 0 Å². The Labute approximate surface area is 140 Å². The number of likely N-dealkylation sites (N-methyl/N-ethyl adjacent to an activating group) is 1. The standard InChI is InChI=1S/C17H33N3O3/c1-8-18-9-11-19(12-10-18)14(21)13-20(16(2,3)4)15(22)23-17(5,6)7/h8-13H2,1-7H3. The average Bonchev–Trinajstić information content (AvgIpc) is 2.41. The first-order valence-electron chi connectivity index (χ1n) is 8.45. The van der Waals surface area contributed by atoms with Crippen LogP contribution in [0.3, 0.4) is 0 Å². The minimum absolute atomic E-state index is 0.0125. The minimum Gasteiger partial charge on any atom is -0.444 e. The number of ether oxygens (including phenoxy) is 1. The van der Waals surface area contributed by atoms with E-state index in [1.165, 1.54) is 4.90 Å². The zero-order valence-corrected chi connectivity index (χ0v) is 15.8. The Morgan fingerprint density at radius 1 is 1.00 bits per heavy atom. The van der Waals surface area contributed by atoms with Gasteiger partial charge in [0, 0.05) is 31.7 Å². The second-order valence-corrected chi connectivity index (χ2v) is 8.05. The summed E-state index contributed by atoms with van der Waals surface area (Å²) in [4.78, 5) is 30.7. The Kier molecular flexibility index (Phi) is 6.45. The maximum absolute atomic E-state index is 12.6. The third-order valence-corrected chi connectivity index (χ3v) is 3.89. The molecule has 2 amide bonds. The van der Waals surface area contributed by atoms with Gasteiger partial charge < -0.3 is 14.5 Å². The highest BCUT2D eigenvalue weighted by Gasteiger charge is 2.33. The van der Waals surface area contributed by atoms with E-state index >= 15 is 0 Å². The molecule has 1 fully saturated rings. The number of rotatable bonds is 3. The van der Waals surface area contributed by atoms with E-state index in [4.69, 9.17) is 4.74 Å². The lowest BCUT2D eigenvalue weighted by Crippen LogP contribution is -2.55. The molecule has 134 valence electrons. The fourth-order valence-electron chi connectivity index (χ4n) is 2.44. The molecule has 1 heterocycles. The Hall–Kier alpha value is -1.30. The van der Waals surface area contributed by atoms with E-state index in [0.29, 0.717) is 0 Å². The summed E-state index contributed by atoms with van der Waals surface area (Å²) in [6, 6.07) is 0. The van der Waals surface area contributed by atoms with Crippen LogP contribution in [-0.2, 0) is 9.53 Å². The molecule has 1 rings (SSSR count). The molecular formula is C17H33N3O3. The van der Waals surface area contributed by atoms with E-state index in [9.17, 15) is 9.59 Å². The molecule has 0 atom stereocenters. The van der Waals surface area contributed by atoms with Crippen molar-refractivity contribution in [3.63, 3.8) is 0 Å². The molecule has 1 saturated heterocycles. The Morgan fingerprint density at radius 2 is 1.52 bits per heavy atom. The van der Waals surface area contributed by atoms with Crippen molar-refractivity contribution in [2.24, 2.45) is 0 Å². The zero-order chi connectivity index (χ0) is 17.8. The van der Waals surface area contributed by atoms with E-state index in [0.717, 1.165) is 32.7 Å². The van der Waals surface area contributed by atoms with Crippen molar-refractivity contribution in [1.29, 1.82) is 0 Å². The summed E-state index contributed by atoms with van der Waals surface area (Å²) in [6.07, 6.45) is -0.439. The van der Waals surface area contributed by atoms with Gasteiger partial charge in [-0.3, -0.25) is 9.69 Å². The molecular weight excluding hydrogens is 294 g/mol. The van der Waals surface area contributed by atoms with Crippen LogP contribution in [0.4, 0.5) is 4.79 Å². The number of hydrogen-bond acceptors (Lipinski definition) is 4. The quantitative estimate of drug-likeness (QED) is 0.797. The topological polar surface area (TPSA) is 53.1 Å². The summed E-state index contributed by atoms with van der Waals surface area (Å²) in [5.41, 5.74) is -1.04. The lowest BCUT2D eigenvalue weighted by atomic mass is 10.1. The van der Waals surface area contributed by atoms with Gasteiger partial charge in [-0.25, -0.2) is 4.79 Å². The van der Waals surface area contributed by atoms with Gasteiger partial charge in [0.25, 0.3) is 0 Å². The maximum Gasteiger partial charge on any atom is 0.411 e. The number of nitrogens with zero attached hydrogens (tertiary/aromatic N) is 3. The van der Waals surface area contributed by atoms with Crippen molar-refractivity contribution in [3.8, 4) is 0 Å². The monoisotopic (exact) mass is 327 g/mol. The Morgan fingerprint density at radius 3 is 1.91 bits per heavy atom. The first-order chi connectivity index (χ1) is 10.4. The van der Waals surface area contributed by atoms with Crippen LogP contribution >= 0.6 is 0 Å². The van der Waals surface area contributed by atoms with Crippen molar-refractivity contribution < 1.29 is 14.3 Å². The molecule has 0 N–H and O–H groups in total. The van der Waals surface area contributed by atoms with Crippen molar-refractivity contribution in [2.75, 3.05) is 39.3 Å². The summed E-state index contributed by atoms with van der Waals surface area (Å²) < 4.78 is 5.46. The predicted octanol–water partition coefficient (Wildman–Crippen LogP) is 2.19. The molecule has 0 radical (unpaired) electrons. The van der Waals surface area contributed by atoms with Gasteiger partial charge in [0.1, 0.15) is 12.1 Å². The van der Waals surface area contributed by atoms with Crippen molar-refractivity contribution >= 4 is 12.0 Å². The molecule has 0 spiro atoms. The number of carbonyl (C=O) groups is 2. The lowest BCUT2D eigenvalue weighted by Gasteiger charge is -2.39. The van der Waals surface area contributed by atoms with Crippen LogP contribution in [0.2, 0.25) is 0 Å². The summed E-state index contributed by atoms with van der Waals surface area (Å²) in [5.74, 6) is -0.0125. The van der Waals surface area contributed by atoms with Crippen LogP contribution < -0.4 is 0 Å². The van der Waals surface area contributed by atoms with Gasteiger partial charge in [-0.15, -0.1) is 0 Å². The van der Waals surface area contributed by atoms with E-state index < -0.39 is 17.2 Å². The van der Waals surface area contributed by atoms with Crippen molar-refractivity contribution in [1.82, 2.24) is 14.7 Å². The molecule has 0 bridgehead atoms. The molecule has 1 aliphatic rings. The first kappa shape index (κ1) is 19.7. The van der Waals surface area contributed by atoms with Gasteiger partial charge in [0.15, 0.2) is 0 Å². The highest BCUT2D eigenvalue weighted by molar-refractivity contribution is 5.83. The molecule has 0 aliphatic carbocycles. The largest absolute Gasteiger partial charge is 0.444 e. The van der Waals surface area contributed by atoms with Crippen LogP contribution in [0.5, 0.6) is 0 Å². The second-order valence-electron chi connectivity index (χ2n) is 8.05. The summed E-state index contributed by atoms with van der Waals surface area (Å²) in [7, 11) is 0. The summed E-state index contributed by atoms with van der Waals surface area (Å²) in [6.45, 7) is 17.7. The van der Waals surface area contributed by atoms with E-state index in [1.54, 1.807) is 0 Å². The Balaban J connectivity index is 2.71. The molecule has 6 nitrogen and oxygen atoms in total. The third-order valence-electron chi connectivity index (χ3n) is 3.89. The van der Waals surface area contributed by atoms with Crippen LogP contribution in [0.15, 0.2) is 0 Å². The van der Waals surface area contributed by atoms with Gasteiger partial charge in [-0.1, -0.05) is 6.92 Å².